The highest BCUT2D eigenvalue weighted by atomic mass is 32.2. The van der Waals surface area contributed by atoms with Crippen LogP contribution in [0.3, 0.4) is 0 Å². The van der Waals surface area contributed by atoms with Gasteiger partial charge >= 0.3 is 0 Å². The fourth-order valence-electron chi connectivity index (χ4n) is 4.66. The van der Waals surface area contributed by atoms with Crippen LogP contribution in [0.2, 0.25) is 0 Å². The van der Waals surface area contributed by atoms with Crippen molar-refractivity contribution < 1.29 is 19.3 Å². The van der Waals surface area contributed by atoms with Gasteiger partial charge in [0.25, 0.3) is 0 Å². The lowest BCUT2D eigenvalue weighted by Crippen LogP contribution is -2.07. The van der Waals surface area contributed by atoms with Crippen LogP contribution >= 0.6 is 11.9 Å². The van der Waals surface area contributed by atoms with E-state index in [1.54, 1.807) is 26.4 Å². The summed E-state index contributed by atoms with van der Waals surface area (Å²) in [7, 11) is 4.79. The van der Waals surface area contributed by atoms with Crippen molar-refractivity contribution in [2.24, 2.45) is 4.40 Å². The Balaban J connectivity index is 1.18. The molecule has 0 saturated heterocycles. The third kappa shape index (κ3) is 7.19. The summed E-state index contributed by atoms with van der Waals surface area (Å²) in [4.78, 5) is 13.8. The molecule has 0 bridgehead atoms. The van der Waals surface area contributed by atoms with Crippen molar-refractivity contribution in [2.45, 2.75) is 11.7 Å². The molecule has 6 rings (SSSR count). The molecule has 0 amide bonds. The average molecular weight is 622 g/mol. The van der Waals surface area contributed by atoms with Gasteiger partial charge in [-0.1, -0.05) is 18.2 Å². The van der Waals surface area contributed by atoms with E-state index < -0.39 is 0 Å². The van der Waals surface area contributed by atoms with Crippen LogP contribution in [-0.4, -0.2) is 47.1 Å². The van der Waals surface area contributed by atoms with Crippen molar-refractivity contribution >= 4 is 52.6 Å². The number of hydrogen-bond acceptors (Lipinski definition) is 12. The van der Waals surface area contributed by atoms with Crippen LogP contribution < -0.4 is 30.2 Å². The maximum Gasteiger partial charge on any atom is 0.233 e. The second-order valence-electron chi connectivity index (χ2n) is 9.98. The SMILES string of the molecule is COc1ccc(Nc2nc(Nc3ccc(OC)cc3)nc(Nc3ccc(C4=NSC(c5ccc(OC)c(O)c5)C4)cc3)n2)cc1. The van der Waals surface area contributed by atoms with Crippen LogP contribution in [0.4, 0.5) is 34.9 Å². The Morgan fingerprint density at radius 3 is 1.58 bits per heavy atom. The van der Waals surface area contributed by atoms with Gasteiger partial charge in [0.1, 0.15) is 11.5 Å². The van der Waals surface area contributed by atoms with Crippen molar-refractivity contribution in [1.29, 1.82) is 0 Å². The number of hydrogen-bond donors (Lipinski definition) is 4. The molecule has 4 aromatic carbocycles. The van der Waals surface area contributed by atoms with Crippen molar-refractivity contribution in [3.05, 3.63) is 102 Å². The van der Waals surface area contributed by atoms with Gasteiger partial charge in [-0.25, -0.2) is 4.40 Å². The highest BCUT2D eigenvalue weighted by Crippen LogP contribution is 2.42. The van der Waals surface area contributed by atoms with E-state index in [-0.39, 0.29) is 11.0 Å². The van der Waals surface area contributed by atoms with Gasteiger partial charge in [-0.15, -0.1) is 0 Å². The molecular formula is C33H31N7O4S. The third-order valence-electron chi connectivity index (χ3n) is 7.05. The van der Waals surface area contributed by atoms with Gasteiger partial charge in [-0.2, -0.15) is 15.0 Å². The fourth-order valence-corrected chi connectivity index (χ4v) is 5.59. The number of nitrogens with zero attached hydrogens (tertiary/aromatic N) is 4. The summed E-state index contributed by atoms with van der Waals surface area (Å²) in [5.74, 6) is 3.16. The van der Waals surface area contributed by atoms with E-state index in [2.05, 4.69) is 30.9 Å². The van der Waals surface area contributed by atoms with Crippen LogP contribution in [0.1, 0.15) is 22.8 Å². The Labute approximate surface area is 264 Å². The summed E-state index contributed by atoms with van der Waals surface area (Å²) in [6, 6.07) is 28.4. The van der Waals surface area contributed by atoms with Crippen LogP contribution in [0.5, 0.6) is 23.0 Å². The predicted molar refractivity (Wildman–Crippen MR) is 178 cm³/mol. The smallest absolute Gasteiger partial charge is 0.233 e. The first-order valence-corrected chi connectivity index (χ1v) is 14.9. The maximum atomic E-state index is 10.2. The van der Waals surface area contributed by atoms with E-state index in [0.29, 0.717) is 23.6 Å². The number of rotatable bonds is 11. The van der Waals surface area contributed by atoms with Gasteiger partial charge < -0.3 is 35.3 Å². The number of nitrogens with one attached hydrogen (secondary N) is 3. The quantitative estimate of drug-likeness (QED) is 0.110. The maximum absolute atomic E-state index is 10.2. The van der Waals surface area contributed by atoms with Crippen molar-refractivity contribution in [2.75, 3.05) is 37.3 Å². The Morgan fingerprint density at radius 2 is 1.13 bits per heavy atom. The Bertz CT molecular complexity index is 1730. The number of phenolic OH excluding ortho intramolecular Hbond substituents is 1. The highest BCUT2D eigenvalue weighted by molar-refractivity contribution is 7.98. The summed E-state index contributed by atoms with van der Waals surface area (Å²) in [6.45, 7) is 0. The van der Waals surface area contributed by atoms with E-state index in [0.717, 1.165) is 51.8 Å². The van der Waals surface area contributed by atoms with E-state index in [4.69, 9.17) is 18.6 Å². The Morgan fingerprint density at radius 1 is 0.644 bits per heavy atom. The van der Waals surface area contributed by atoms with Crippen molar-refractivity contribution in [1.82, 2.24) is 15.0 Å². The third-order valence-corrected chi connectivity index (χ3v) is 8.06. The van der Waals surface area contributed by atoms with Crippen LogP contribution in [0.15, 0.2) is 95.4 Å². The minimum atomic E-state index is 0.119. The highest BCUT2D eigenvalue weighted by Gasteiger charge is 2.24. The summed E-state index contributed by atoms with van der Waals surface area (Å²) < 4.78 is 20.4. The molecule has 45 heavy (non-hydrogen) atoms. The molecule has 1 unspecified atom stereocenters. The van der Waals surface area contributed by atoms with Crippen molar-refractivity contribution in [3.8, 4) is 23.0 Å². The van der Waals surface area contributed by atoms with Gasteiger partial charge in [0.2, 0.25) is 17.8 Å². The molecule has 1 aliphatic heterocycles. The molecular weight excluding hydrogens is 590 g/mol. The molecule has 5 aromatic rings. The zero-order chi connectivity index (χ0) is 31.2. The molecule has 4 N–H and O–H groups in total. The predicted octanol–water partition coefficient (Wildman–Crippen LogP) is 7.42. The molecule has 228 valence electrons. The zero-order valence-electron chi connectivity index (χ0n) is 24.8. The van der Waals surface area contributed by atoms with E-state index >= 15 is 0 Å². The molecule has 0 spiro atoms. The van der Waals surface area contributed by atoms with Crippen LogP contribution in [-0.2, 0) is 0 Å². The molecule has 1 aliphatic rings. The second kappa shape index (κ2) is 13.4. The zero-order valence-corrected chi connectivity index (χ0v) is 25.6. The molecule has 12 heteroatoms. The molecule has 0 fully saturated rings. The summed E-state index contributed by atoms with van der Waals surface area (Å²) in [5.41, 5.74) is 5.41. The van der Waals surface area contributed by atoms with Gasteiger partial charge in [-0.05, 0) is 95.9 Å². The molecule has 0 radical (unpaired) electrons. The van der Waals surface area contributed by atoms with E-state index in [9.17, 15) is 5.11 Å². The standard InChI is InChI=1S/C33H31N7O4S/c1-42-25-13-9-23(10-14-25)35-32-37-31(38-33(39-32)36-24-11-15-26(43-2)16-12-24)34-22-7-4-20(5-8-22)27-19-30(45-40-27)21-6-17-29(44-3)28(41)18-21/h4-18,30,41H,19H2,1-3H3,(H3,34,35,36,37,38,39). The number of ether oxygens (including phenoxy) is 3. The minimum Gasteiger partial charge on any atom is -0.504 e. The van der Waals surface area contributed by atoms with Gasteiger partial charge in [-0.3, -0.25) is 0 Å². The molecule has 2 heterocycles. The molecule has 1 aromatic heterocycles. The summed E-state index contributed by atoms with van der Waals surface area (Å²) in [5, 5.41) is 20.1. The topological polar surface area (TPSA) is 135 Å². The van der Waals surface area contributed by atoms with E-state index in [1.165, 1.54) is 19.1 Å². The molecule has 0 aliphatic carbocycles. The molecule has 1 atom stereocenters. The minimum absolute atomic E-state index is 0.119. The number of aromatic nitrogens is 3. The first kappa shape index (κ1) is 29.6. The Hall–Kier alpha value is -5.49. The number of anilines is 6. The normalized spacial score (nSPS) is 13.9. The largest absolute Gasteiger partial charge is 0.504 e. The van der Waals surface area contributed by atoms with Crippen LogP contribution in [0, 0.1) is 0 Å². The molecule has 0 saturated carbocycles. The lowest BCUT2D eigenvalue weighted by molar-refractivity contribution is 0.373. The summed E-state index contributed by atoms with van der Waals surface area (Å²) in [6.07, 6.45) is 0.747. The number of benzene rings is 4. The Kier molecular flexibility index (Phi) is 8.83. The molecule has 11 nitrogen and oxygen atoms in total. The summed E-state index contributed by atoms with van der Waals surface area (Å²) >= 11 is 1.50. The second-order valence-corrected chi connectivity index (χ2v) is 10.9. The fraction of sp³-hybridized carbons (Fsp3) is 0.152. The first-order valence-electron chi connectivity index (χ1n) is 14.0. The van der Waals surface area contributed by atoms with Gasteiger partial charge in [0, 0.05) is 23.5 Å². The number of methoxy groups -OCH3 is 3. The average Bonchev–Trinajstić information content (AvgIpc) is 3.56. The number of aromatic hydroxyl groups is 1. The number of phenols is 1. The lowest BCUT2D eigenvalue weighted by Gasteiger charge is -2.12. The first-order chi connectivity index (χ1) is 22.0. The van der Waals surface area contributed by atoms with Crippen molar-refractivity contribution in [3.63, 3.8) is 0 Å². The lowest BCUT2D eigenvalue weighted by atomic mass is 10.0. The van der Waals surface area contributed by atoms with Crippen LogP contribution in [0.25, 0.3) is 0 Å². The van der Waals surface area contributed by atoms with Gasteiger partial charge in [0.05, 0.1) is 32.3 Å². The monoisotopic (exact) mass is 621 g/mol. The van der Waals surface area contributed by atoms with E-state index in [1.807, 2.05) is 78.9 Å². The van der Waals surface area contributed by atoms with Gasteiger partial charge in [0.15, 0.2) is 11.5 Å².